The van der Waals surface area contributed by atoms with Gasteiger partial charge in [-0.25, -0.2) is 4.79 Å². The summed E-state index contributed by atoms with van der Waals surface area (Å²) in [5.74, 6) is -0.981. The van der Waals surface area contributed by atoms with E-state index in [2.05, 4.69) is 20.8 Å². The van der Waals surface area contributed by atoms with Gasteiger partial charge in [0.1, 0.15) is 0 Å². The number of carboxylic acid groups (broad SMARTS) is 1. The maximum atomic E-state index is 12.9. The Bertz CT molecular complexity index is 1260. The van der Waals surface area contributed by atoms with Crippen LogP contribution in [0.3, 0.4) is 0 Å². The molecular formula is C24H25Cl2N5O4S. The average molecular weight is 550 g/mol. The van der Waals surface area contributed by atoms with E-state index in [-0.39, 0.29) is 34.1 Å². The van der Waals surface area contributed by atoms with Crippen LogP contribution in [0.4, 0.5) is 5.69 Å². The molecule has 0 saturated heterocycles. The van der Waals surface area contributed by atoms with Crippen LogP contribution in [0, 0.1) is 5.92 Å². The van der Waals surface area contributed by atoms with Gasteiger partial charge in [0.05, 0.1) is 27.4 Å². The highest BCUT2D eigenvalue weighted by Crippen LogP contribution is 2.27. The number of carbonyl (C=O) groups is 3. The van der Waals surface area contributed by atoms with E-state index in [9.17, 15) is 14.4 Å². The molecular weight excluding hydrogens is 525 g/mol. The first kappa shape index (κ1) is 27.5. The number of anilines is 1. The first-order valence-corrected chi connectivity index (χ1v) is 12.8. The number of amides is 2. The van der Waals surface area contributed by atoms with Crippen LogP contribution < -0.4 is 10.6 Å². The van der Waals surface area contributed by atoms with Gasteiger partial charge in [-0.05, 0) is 55.3 Å². The molecule has 0 unspecified atom stereocenters. The zero-order valence-corrected chi connectivity index (χ0v) is 22.1. The lowest BCUT2D eigenvalue weighted by Gasteiger charge is -2.22. The fourth-order valence-corrected chi connectivity index (χ4v) is 4.46. The molecule has 2 amide bonds. The number of nitrogens with zero attached hydrogens (tertiary/aromatic N) is 3. The molecule has 2 aromatic carbocycles. The van der Waals surface area contributed by atoms with Gasteiger partial charge in [0.25, 0.3) is 5.91 Å². The predicted octanol–water partition coefficient (Wildman–Crippen LogP) is 5.16. The molecule has 0 fully saturated rings. The highest BCUT2D eigenvalue weighted by Gasteiger charge is 2.26. The topological polar surface area (TPSA) is 126 Å². The van der Waals surface area contributed by atoms with E-state index in [0.717, 1.165) is 0 Å². The second-order valence-corrected chi connectivity index (χ2v) is 9.89. The maximum absolute atomic E-state index is 12.9. The minimum absolute atomic E-state index is 0.00106. The Morgan fingerprint density at radius 1 is 1.03 bits per heavy atom. The SMILES string of the molecule is CCn1c(SCC(=O)Nc2ccc(C(=O)O)cc2)nnc1[C@H](NC(=O)c1ccc(Cl)c(Cl)c1)C(C)C. The molecule has 0 bridgehead atoms. The third-order valence-electron chi connectivity index (χ3n) is 5.22. The van der Waals surface area contributed by atoms with Crippen molar-refractivity contribution < 1.29 is 19.5 Å². The summed E-state index contributed by atoms with van der Waals surface area (Å²) in [6.07, 6.45) is 0. The van der Waals surface area contributed by atoms with Crippen molar-refractivity contribution in [2.75, 3.05) is 11.1 Å². The molecule has 3 aromatic rings. The van der Waals surface area contributed by atoms with Gasteiger partial charge in [0.2, 0.25) is 5.91 Å². The van der Waals surface area contributed by atoms with Crippen LogP contribution in [0.1, 0.15) is 53.4 Å². The summed E-state index contributed by atoms with van der Waals surface area (Å²) in [7, 11) is 0. The average Bonchev–Trinajstić information content (AvgIpc) is 3.25. The van der Waals surface area contributed by atoms with Crippen LogP contribution in [-0.4, -0.2) is 43.4 Å². The number of carbonyl (C=O) groups excluding carboxylic acids is 2. The van der Waals surface area contributed by atoms with Gasteiger partial charge < -0.3 is 20.3 Å². The third kappa shape index (κ3) is 6.77. The highest BCUT2D eigenvalue weighted by molar-refractivity contribution is 7.99. The number of hydrogen-bond acceptors (Lipinski definition) is 6. The number of thioether (sulfide) groups is 1. The summed E-state index contributed by atoms with van der Waals surface area (Å²) in [5, 5.41) is 24.5. The van der Waals surface area contributed by atoms with E-state index in [1.165, 1.54) is 42.1 Å². The Kier molecular flexibility index (Phi) is 9.36. The first-order chi connectivity index (χ1) is 17.1. The monoisotopic (exact) mass is 549 g/mol. The van der Waals surface area contributed by atoms with Crippen LogP contribution in [0.15, 0.2) is 47.6 Å². The molecule has 0 radical (unpaired) electrons. The van der Waals surface area contributed by atoms with E-state index in [1.54, 1.807) is 12.1 Å². The lowest BCUT2D eigenvalue weighted by Crippen LogP contribution is -2.33. The summed E-state index contributed by atoms with van der Waals surface area (Å²) in [5.41, 5.74) is 1.00. The Morgan fingerprint density at radius 3 is 2.28 bits per heavy atom. The number of carboxylic acids is 1. The van der Waals surface area contributed by atoms with E-state index >= 15 is 0 Å². The van der Waals surface area contributed by atoms with Gasteiger partial charge in [0.15, 0.2) is 11.0 Å². The molecule has 1 atom stereocenters. The molecule has 0 aliphatic heterocycles. The number of nitrogens with one attached hydrogen (secondary N) is 2. The zero-order valence-electron chi connectivity index (χ0n) is 19.8. The lowest BCUT2D eigenvalue weighted by atomic mass is 10.0. The Balaban J connectivity index is 1.69. The van der Waals surface area contributed by atoms with Gasteiger partial charge in [-0.2, -0.15) is 0 Å². The molecule has 0 spiro atoms. The minimum Gasteiger partial charge on any atom is -0.478 e. The van der Waals surface area contributed by atoms with Gasteiger partial charge in [0, 0.05) is 17.8 Å². The van der Waals surface area contributed by atoms with Crippen LogP contribution >= 0.6 is 35.0 Å². The summed E-state index contributed by atoms with van der Waals surface area (Å²) < 4.78 is 1.86. The molecule has 1 aromatic heterocycles. The molecule has 36 heavy (non-hydrogen) atoms. The summed E-state index contributed by atoms with van der Waals surface area (Å²) >= 11 is 13.2. The van der Waals surface area contributed by atoms with Gasteiger partial charge >= 0.3 is 5.97 Å². The lowest BCUT2D eigenvalue weighted by molar-refractivity contribution is -0.113. The number of rotatable bonds is 10. The van der Waals surface area contributed by atoms with Gasteiger partial charge in [-0.1, -0.05) is 48.8 Å². The summed E-state index contributed by atoms with van der Waals surface area (Å²) in [6, 6.07) is 10.1. The van der Waals surface area contributed by atoms with Crippen LogP contribution in [0.25, 0.3) is 0 Å². The molecule has 1 heterocycles. The molecule has 190 valence electrons. The number of aromatic nitrogens is 3. The van der Waals surface area contributed by atoms with Crippen molar-refractivity contribution in [3.63, 3.8) is 0 Å². The van der Waals surface area contributed by atoms with Crippen LogP contribution in [0.5, 0.6) is 0 Å². The van der Waals surface area contributed by atoms with Gasteiger partial charge in [-0.15, -0.1) is 10.2 Å². The Morgan fingerprint density at radius 2 is 1.69 bits per heavy atom. The number of aromatic carboxylic acids is 1. The van der Waals surface area contributed by atoms with E-state index in [0.29, 0.717) is 33.8 Å². The summed E-state index contributed by atoms with van der Waals surface area (Å²) in [4.78, 5) is 36.3. The third-order valence-corrected chi connectivity index (χ3v) is 6.93. The number of hydrogen-bond donors (Lipinski definition) is 3. The quantitative estimate of drug-likeness (QED) is 0.298. The second-order valence-electron chi connectivity index (χ2n) is 8.13. The molecule has 9 nitrogen and oxygen atoms in total. The van der Waals surface area contributed by atoms with E-state index in [4.69, 9.17) is 28.3 Å². The molecule has 0 aliphatic rings. The summed E-state index contributed by atoms with van der Waals surface area (Å²) in [6.45, 7) is 6.39. The van der Waals surface area contributed by atoms with Crippen molar-refractivity contribution in [3.8, 4) is 0 Å². The molecule has 3 N–H and O–H groups in total. The van der Waals surface area contributed by atoms with Gasteiger partial charge in [-0.3, -0.25) is 9.59 Å². The predicted molar refractivity (Wildman–Crippen MR) is 140 cm³/mol. The Hall–Kier alpha value is -3.08. The highest BCUT2D eigenvalue weighted by atomic mass is 35.5. The second kappa shape index (κ2) is 12.2. The standard InChI is InChI=1S/C24H25Cl2N5O4S/c1-4-31-21(20(13(2)3)28-22(33)15-7-10-17(25)18(26)11-15)29-30-24(31)36-12-19(32)27-16-8-5-14(6-9-16)23(34)35/h5-11,13,20H,4,12H2,1-3H3,(H,27,32)(H,28,33)(H,34,35)/t20-/m1/s1. The molecule has 0 saturated carbocycles. The number of benzene rings is 2. The van der Waals surface area contributed by atoms with Crippen molar-refractivity contribution in [3.05, 3.63) is 69.5 Å². The fourth-order valence-electron chi connectivity index (χ4n) is 3.35. The van der Waals surface area contributed by atoms with Crippen molar-refractivity contribution in [1.29, 1.82) is 0 Å². The normalized spacial score (nSPS) is 11.8. The largest absolute Gasteiger partial charge is 0.478 e. The fraction of sp³-hybridized carbons (Fsp3) is 0.292. The van der Waals surface area contributed by atoms with Crippen LogP contribution in [0.2, 0.25) is 10.0 Å². The van der Waals surface area contributed by atoms with Crippen LogP contribution in [-0.2, 0) is 11.3 Å². The van der Waals surface area contributed by atoms with E-state index in [1.807, 2.05) is 25.3 Å². The number of halogens is 2. The molecule has 0 aliphatic carbocycles. The molecule has 12 heteroatoms. The first-order valence-electron chi connectivity index (χ1n) is 11.1. The van der Waals surface area contributed by atoms with Crippen molar-refractivity contribution in [2.24, 2.45) is 5.92 Å². The zero-order chi connectivity index (χ0) is 26.4. The maximum Gasteiger partial charge on any atom is 0.335 e. The smallest absolute Gasteiger partial charge is 0.335 e. The molecule has 3 rings (SSSR count). The van der Waals surface area contributed by atoms with Crippen molar-refractivity contribution >= 4 is 58.4 Å². The minimum atomic E-state index is -1.04. The van der Waals surface area contributed by atoms with Crippen molar-refractivity contribution in [1.82, 2.24) is 20.1 Å². The Labute approximate surface area is 222 Å². The van der Waals surface area contributed by atoms with Crippen molar-refractivity contribution in [2.45, 2.75) is 38.5 Å². The van der Waals surface area contributed by atoms with E-state index < -0.39 is 12.0 Å².